The van der Waals surface area contributed by atoms with Crippen LogP contribution in [0.2, 0.25) is 0 Å². The van der Waals surface area contributed by atoms with Crippen molar-refractivity contribution in [2.45, 2.75) is 25.8 Å². The summed E-state index contributed by atoms with van der Waals surface area (Å²) in [4.78, 5) is 19.4. The van der Waals surface area contributed by atoms with E-state index in [-0.39, 0.29) is 18.3 Å². The van der Waals surface area contributed by atoms with Crippen LogP contribution in [0.3, 0.4) is 0 Å². The van der Waals surface area contributed by atoms with Crippen LogP contribution in [0.15, 0.2) is 54.9 Å². The number of carboxylic acid groups (broad SMARTS) is 1. The van der Waals surface area contributed by atoms with Gasteiger partial charge in [-0.3, -0.25) is 0 Å². The van der Waals surface area contributed by atoms with E-state index >= 15 is 0 Å². The molecule has 0 fully saturated rings. The molecule has 0 amide bonds. The van der Waals surface area contributed by atoms with Crippen molar-refractivity contribution >= 4 is 17.0 Å². The summed E-state index contributed by atoms with van der Waals surface area (Å²) in [6.07, 6.45) is -7.40. The van der Waals surface area contributed by atoms with Crippen LogP contribution in [0, 0.1) is 12.7 Å². The van der Waals surface area contributed by atoms with Gasteiger partial charge >= 0.3 is 18.3 Å². The van der Waals surface area contributed by atoms with Crippen molar-refractivity contribution in [1.82, 2.24) is 25.3 Å². The lowest BCUT2D eigenvalue weighted by Crippen LogP contribution is -2.38. The molecule has 41 heavy (non-hydrogen) atoms. The molecule has 0 aliphatic heterocycles. The number of hydrogen-bond acceptors (Lipinski definition) is 5. The van der Waals surface area contributed by atoms with Gasteiger partial charge in [-0.15, -0.1) is 10.2 Å². The molecule has 0 unspecified atom stereocenters. The van der Waals surface area contributed by atoms with Crippen LogP contribution in [0.1, 0.15) is 32.7 Å². The summed E-state index contributed by atoms with van der Waals surface area (Å²) < 4.78 is 95.5. The van der Waals surface area contributed by atoms with Gasteiger partial charge in [-0.05, 0) is 41.9 Å². The van der Waals surface area contributed by atoms with E-state index in [2.05, 4.69) is 25.3 Å². The fourth-order valence-electron chi connectivity index (χ4n) is 4.19. The fourth-order valence-corrected chi connectivity index (χ4v) is 4.19. The lowest BCUT2D eigenvalue weighted by atomic mass is 9.97. The van der Waals surface area contributed by atoms with Crippen LogP contribution in [0.5, 0.6) is 0 Å². The Morgan fingerprint density at radius 2 is 1.76 bits per heavy atom. The number of halogens is 7. The first kappa shape index (κ1) is 27.6. The summed E-state index contributed by atoms with van der Waals surface area (Å²) in [7, 11) is 0. The highest BCUT2D eigenvalue weighted by Crippen LogP contribution is 2.41. The van der Waals surface area contributed by atoms with Gasteiger partial charge in [0.25, 0.3) is 0 Å². The maximum atomic E-state index is 14.0. The number of nitrogens with one attached hydrogen (secondary N) is 1. The molecule has 0 spiro atoms. The number of aromatic nitrogens is 6. The Labute approximate surface area is 225 Å². The largest absolute Gasteiger partial charge is 0.478 e. The maximum Gasteiger partial charge on any atom is 0.417 e. The second-order valence-electron chi connectivity index (χ2n) is 8.93. The Kier molecular flexibility index (Phi) is 6.67. The molecule has 3 aromatic heterocycles. The van der Waals surface area contributed by atoms with E-state index in [1.165, 1.54) is 29.2 Å². The Morgan fingerprint density at radius 1 is 1.00 bits per heavy atom. The van der Waals surface area contributed by atoms with E-state index in [0.29, 0.717) is 40.1 Å². The molecule has 5 rings (SSSR count). The third-order valence-corrected chi connectivity index (χ3v) is 6.20. The number of H-pyrrole nitrogens is 1. The number of rotatable bonds is 5. The first-order chi connectivity index (χ1) is 19.2. The Morgan fingerprint density at radius 3 is 2.44 bits per heavy atom. The van der Waals surface area contributed by atoms with Crippen molar-refractivity contribution in [3.63, 3.8) is 0 Å². The molecule has 210 valence electrons. The average Bonchev–Trinajstić information content (AvgIpc) is 3.32. The quantitative estimate of drug-likeness (QED) is 0.208. The SMILES string of the molecule is Cc1c(F)cccc1-c1nc2cn[n+](Cc3cc(C(=O)O)c(-c4ccc(C(F)(F)F)cc4C(F)(F)F)nn3)cc2[nH]1. The topological polar surface area (TPSA) is 109 Å². The zero-order valence-corrected chi connectivity index (χ0v) is 20.6. The molecule has 0 saturated heterocycles. The van der Waals surface area contributed by atoms with Crippen molar-refractivity contribution in [2.75, 3.05) is 0 Å². The van der Waals surface area contributed by atoms with Crippen LogP contribution in [0.25, 0.3) is 33.7 Å². The molecule has 0 bridgehead atoms. The summed E-state index contributed by atoms with van der Waals surface area (Å²) in [5.74, 6) is -1.70. The van der Waals surface area contributed by atoms with Crippen molar-refractivity contribution in [3.05, 3.63) is 88.6 Å². The van der Waals surface area contributed by atoms with Gasteiger partial charge in [0, 0.05) is 11.1 Å². The van der Waals surface area contributed by atoms with Crippen LogP contribution in [0.4, 0.5) is 30.7 Å². The van der Waals surface area contributed by atoms with E-state index in [0.717, 1.165) is 6.07 Å². The van der Waals surface area contributed by atoms with E-state index in [4.69, 9.17) is 0 Å². The second-order valence-corrected chi connectivity index (χ2v) is 8.93. The predicted molar refractivity (Wildman–Crippen MR) is 128 cm³/mol. The van der Waals surface area contributed by atoms with Crippen molar-refractivity contribution in [1.29, 1.82) is 0 Å². The zero-order valence-electron chi connectivity index (χ0n) is 20.6. The average molecular weight is 577 g/mol. The number of carboxylic acids is 1. The molecule has 5 aromatic rings. The molecule has 0 aliphatic rings. The molecular weight excluding hydrogens is 561 g/mol. The second kappa shape index (κ2) is 9.91. The van der Waals surface area contributed by atoms with Gasteiger partial charge in [0.15, 0.2) is 0 Å². The molecular formula is C26H16F7N6O2+. The van der Waals surface area contributed by atoms with Crippen LogP contribution >= 0.6 is 0 Å². The molecule has 15 heteroatoms. The van der Waals surface area contributed by atoms with Gasteiger partial charge in [0.1, 0.15) is 40.3 Å². The number of aromatic amines is 1. The summed E-state index contributed by atoms with van der Waals surface area (Å²) in [6, 6.07) is 6.32. The molecule has 0 atom stereocenters. The predicted octanol–water partition coefficient (Wildman–Crippen LogP) is 5.60. The minimum atomic E-state index is -5.24. The van der Waals surface area contributed by atoms with E-state index in [1.54, 1.807) is 13.0 Å². The molecule has 2 N–H and O–H groups in total. The fraction of sp³-hybridized carbons (Fsp3) is 0.154. The molecule has 0 radical (unpaired) electrons. The molecule has 3 heterocycles. The lowest BCUT2D eigenvalue weighted by Gasteiger charge is -2.16. The molecule has 2 aromatic carbocycles. The number of aromatic carboxylic acids is 1. The highest BCUT2D eigenvalue weighted by Gasteiger charge is 2.39. The normalized spacial score (nSPS) is 12.2. The molecule has 0 aliphatic carbocycles. The smallest absolute Gasteiger partial charge is 0.417 e. The number of hydrogen-bond donors (Lipinski definition) is 2. The summed E-state index contributed by atoms with van der Waals surface area (Å²) >= 11 is 0. The molecule has 0 saturated carbocycles. The van der Waals surface area contributed by atoms with E-state index < -0.39 is 52.1 Å². The number of alkyl halides is 6. The number of nitrogens with zero attached hydrogens (tertiary/aromatic N) is 5. The van der Waals surface area contributed by atoms with Crippen LogP contribution < -0.4 is 4.68 Å². The monoisotopic (exact) mass is 577 g/mol. The highest BCUT2D eigenvalue weighted by molar-refractivity contribution is 5.95. The Balaban J connectivity index is 1.51. The van der Waals surface area contributed by atoms with Crippen molar-refractivity contribution in [3.8, 4) is 22.6 Å². The van der Waals surface area contributed by atoms with Crippen LogP contribution in [-0.2, 0) is 18.9 Å². The number of fused-ring (bicyclic) bond motifs is 1. The minimum Gasteiger partial charge on any atom is -0.478 e. The minimum absolute atomic E-state index is 0.0100. The van der Waals surface area contributed by atoms with Gasteiger partial charge in [0.2, 0.25) is 12.7 Å². The maximum absolute atomic E-state index is 14.0. The van der Waals surface area contributed by atoms with Crippen molar-refractivity contribution in [2.24, 2.45) is 0 Å². The zero-order chi connectivity index (χ0) is 29.7. The first-order valence-corrected chi connectivity index (χ1v) is 11.6. The van der Waals surface area contributed by atoms with Gasteiger partial charge < -0.3 is 10.1 Å². The third kappa shape index (κ3) is 5.42. The van der Waals surface area contributed by atoms with Gasteiger partial charge in [0.05, 0.1) is 16.7 Å². The number of imidazole rings is 1. The van der Waals surface area contributed by atoms with E-state index in [1.807, 2.05) is 0 Å². The highest BCUT2D eigenvalue weighted by atomic mass is 19.4. The number of carbonyl (C=O) groups is 1. The van der Waals surface area contributed by atoms with Crippen molar-refractivity contribution < 1.29 is 45.3 Å². The summed E-state index contributed by atoms with van der Waals surface area (Å²) in [6.45, 7) is 1.43. The molecule has 8 nitrogen and oxygen atoms in total. The summed E-state index contributed by atoms with van der Waals surface area (Å²) in [5, 5.41) is 21.3. The lowest BCUT2D eigenvalue weighted by molar-refractivity contribution is -0.745. The van der Waals surface area contributed by atoms with Crippen LogP contribution in [-0.4, -0.2) is 36.3 Å². The number of benzene rings is 2. The van der Waals surface area contributed by atoms with Gasteiger partial charge in [-0.2, -0.15) is 26.3 Å². The standard InChI is InChI=1S/C26H15F7N6O2/c1-12-15(3-2-4-19(12)27)23-35-20-9-34-39(11-21(20)36-23)10-14-8-17(24(40)41)22(38-37-14)16-6-5-13(25(28,29)30)7-18(16)26(31,32)33/h2-9,11H,10H2,1H3,(H,40,41)/p+1. The Hall–Kier alpha value is -4.95. The van der Waals surface area contributed by atoms with Gasteiger partial charge in [-0.25, -0.2) is 14.2 Å². The third-order valence-electron chi connectivity index (χ3n) is 6.20. The van der Waals surface area contributed by atoms with Gasteiger partial charge in [-0.1, -0.05) is 22.9 Å². The first-order valence-electron chi connectivity index (χ1n) is 11.6. The van der Waals surface area contributed by atoms with E-state index in [9.17, 15) is 40.6 Å². The summed E-state index contributed by atoms with van der Waals surface area (Å²) in [5.41, 5.74) is -3.75. The Bertz CT molecular complexity index is 1820.